The zero-order valence-electron chi connectivity index (χ0n) is 20.2. The number of hydrogen-bond acceptors (Lipinski definition) is 7. The third-order valence-corrected chi connectivity index (χ3v) is 5.24. The predicted molar refractivity (Wildman–Crippen MR) is 136 cm³/mol. The van der Waals surface area contributed by atoms with E-state index < -0.39 is 11.7 Å². The number of nitrogens with zero attached hydrogens (tertiary/aromatic N) is 4. The number of hydrogen-bond donors (Lipinski definition) is 2. The fourth-order valence-corrected chi connectivity index (χ4v) is 3.59. The van der Waals surface area contributed by atoms with Crippen molar-refractivity contribution >= 4 is 17.2 Å². The van der Waals surface area contributed by atoms with Crippen LogP contribution in [0.15, 0.2) is 55.0 Å². The van der Waals surface area contributed by atoms with Crippen molar-refractivity contribution < 1.29 is 18.7 Å². The largest absolute Gasteiger partial charge is 0.497 e. The smallest absolute Gasteiger partial charge is 0.296 e. The van der Waals surface area contributed by atoms with E-state index in [0.29, 0.717) is 53.7 Å². The van der Waals surface area contributed by atoms with Crippen LogP contribution in [0.25, 0.3) is 16.6 Å². The van der Waals surface area contributed by atoms with E-state index in [9.17, 15) is 14.4 Å². The number of carbonyl (C=O) groups excluding carboxylic acids is 1. The molecule has 9 nitrogen and oxygen atoms in total. The molecule has 0 saturated carbocycles. The van der Waals surface area contributed by atoms with Crippen molar-refractivity contribution in [2.75, 3.05) is 32.1 Å². The number of nitrogens with one attached hydrogen (secondary N) is 2. The molecular formula is C27H23FN6O3. The summed E-state index contributed by atoms with van der Waals surface area (Å²) >= 11 is 0. The first-order valence-corrected chi connectivity index (χ1v) is 11.4. The first-order chi connectivity index (χ1) is 18.0. The SMILES string of the molecule is CCOc1cc(-c2ccc(NCCNC(=O)C#Cc3cc(F)cc(OC)c3)nc2)c2c(C#N)cnn2c1. The fraction of sp³-hybridized carbons (Fsp3) is 0.185. The highest BCUT2D eigenvalue weighted by atomic mass is 19.1. The minimum Gasteiger partial charge on any atom is -0.497 e. The van der Waals surface area contributed by atoms with E-state index >= 15 is 0 Å². The highest BCUT2D eigenvalue weighted by Crippen LogP contribution is 2.30. The van der Waals surface area contributed by atoms with Gasteiger partial charge in [-0.1, -0.05) is 5.92 Å². The van der Waals surface area contributed by atoms with Gasteiger partial charge in [0, 0.05) is 48.0 Å². The summed E-state index contributed by atoms with van der Waals surface area (Å²) in [6, 6.07) is 11.7. The molecule has 1 aromatic carbocycles. The van der Waals surface area contributed by atoms with Crippen molar-refractivity contribution in [2.24, 2.45) is 0 Å². The number of nitriles is 1. The van der Waals surface area contributed by atoms with E-state index in [2.05, 4.69) is 38.6 Å². The molecule has 10 heteroatoms. The van der Waals surface area contributed by atoms with Gasteiger partial charge in [-0.2, -0.15) is 10.4 Å². The molecule has 0 saturated heterocycles. The van der Waals surface area contributed by atoms with Gasteiger partial charge in [0.25, 0.3) is 5.91 Å². The molecule has 1 amide bonds. The molecule has 0 aliphatic carbocycles. The van der Waals surface area contributed by atoms with Crippen LogP contribution >= 0.6 is 0 Å². The molecule has 3 heterocycles. The van der Waals surface area contributed by atoms with Crippen LogP contribution in [-0.4, -0.2) is 47.3 Å². The van der Waals surface area contributed by atoms with Crippen molar-refractivity contribution in [3.05, 3.63) is 71.9 Å². The Bertz CT molecular complexity index is 1530. The predicted octanol–water partition coefficient (Wildman–Crippen LogP) is 3.39. The van der Waals surface area contributed by atoms with Gasteiger partial charge in [-0.25, -0.2) is 13.9 Å². The molecule has 0 radical (unpaired) electrons. The number of anilines is 1. The lowest BCUT2D eigenvalue weighted by Gasteiger charge is -2.10. The van der Waals surface area contributed by atoms with Crippen LogP contribution in [0.1, 0.15) is 18.1 Å². The fourth-order valence-electron chi connectivity index (χ4n) is 3.59. The minimum atomic E-state index is -0.492. The molecule has 2 N–H and O–H groups in total. The molecule has 186 valence electrons. The second kappa shape index (κ2) is 11.6. The summed E-state index contributed by atoms with van der Waals surface area (Å²) in [5.41, 5.74) is 3.05. The second-order valence-corrected chi connectivity index (χ2v) is 7.73. The van der Waals surface area contributed by atoms with Gasteiger partial charge < -0.3 is 20.1 Å². The van der Waals surface area contributed by atoms with Gasteiger partial charge in [0.2, 0.25) is 0 Å². The molecule has 0 aliphatic rings. The van der Waals surface area contributed by atoms with Gasteiger partial charge in [-0.3, -0.25) is 4.79 Å². The van der Waals surface area contributed by atoms with Crippen molar-refractivity contribution in [1.82, 2.24) is 19.9 Å². The molecule has 0 spiro atoms. The molecule has 0 unspecified atom stereocenters. The molecule has 0 atom stereocenters. The number of aromatic nitrogens is 3. The number of ether oxygens (including phenoxy) is 2. The van der Waals surface area contributed by atoms with Gasteiger partial charge in [-0.05, 0) is 37.3 Å². The monoisotopic (exact) mass is 498 g/mol. The van der Waals surface area contributed by atoms with Crippen molar-refractivity contribution in [3.8, 4) is 40.5 Å². The Labute approximate surface area is 212 Å². The minimum absolute atomic E-state index is 0.307. The average molecular weight is 499 g/mol. The van der Waals surface area contributed by atoms with Crippen LogP contribution in [-0.2, 0) is 4.79 Å². The van der Waals surface area contributed by atoms with E-state index in [1.165, 1.54) is 25.4 Å². The first kappa shape index (κ1) is 25.0. The zero-order valence-corrected chi connectivity index (χ0v) is 20.2. The topological polar surface area (TPSA) is 114 Å². The molecule has 4 aromatic rings. The first-order valence-electron chi connectivity index (χ1n) is 11.4. The van der Waals surface area contributed by atoms with E-state index in [4.69, 9.17) is 9.47 Å². The number of halogens is 1. The van der Waals surface area contributed by atoms with Crippen molar-refractivity contribution in [2.45, 2.75) is 6.92 Å². The molecule has 37 heavy (non-hydrogen) atoms. The quantitative estimate of drug-likeness (QED) is 0.283. The van der Waals surface area contributed by atoms with Crippen molar-refractivity contribution in [1.29, 1.82) is 5.26 Å². The summed E-state index contributed by atoms with van der Waals surface area (Å²) in [6.45, 7) is 3.12. The van der Waals surface area contributed by atoms with Crippen LogP contribution in [0.5, 0.6) is 11.5 Å². The van der Waals surface area contributed by atoms with Crippen LogP contribution in [0.3, 0.4) is 0 Å². The Balaban J connectivity index is 1.36. The average Bonchev–Trinajstić information content (AvgIpc) is 3.33. The molecule has 0 fully saturated rings. The Morgan fingerprint density at radius 3 is 2.76 bits per heavy atom. The lowest BCUT2D eigenvalue weighted by atomic mass is 10.1. The Morgan fingerprint density at radius 1 is 1.16 bits per heavy atom. The molecular weight excluding hydrogens is 475 g/mol. The number of rotatable bonds is 8. The van der Waals surface area contributed by atoms with Gasteiger partial charge >= 0.3 is 0 Å². The normalized spacial score (nSPS) is 10.2. The van der Waals surface area contributed by atoms with Gasteiger partial charge in [0.1, 0.15) is 29.2 Å². The van der Waals surface area contributed by atoms with Crippen LogP contribution in [0.4, 0.5) is 10.2 Å². The Morgan fingerprint density at radius 2 is 2.03 bits per heavy atom. The van der Waals surface area contributed by atoms with Crippen LogP contribution in [0, 0.1) is 29.0 Å². The molecule has 0 bridgehead atoms. The number of carbonyl (C=O) groups is 1. The maximum absolute atomic E-state index is 13.5. The maximum atomic E-state index is 13.5. The standard InChI is InChI=1S/C27H23FN6O3/c1-3-37-23-13-24(27-20(14-29)16-33-34(27)17-23)19-5-6-25(32-15-19)30-8-9-31-26(35)7-4-18-10-21(28)12-22(11-18)36-2/h5-6,10-13,15-17H,3,8-9H2,1-2H3,(H,30,32)(H,31,35). The number of benzene rings is 1. The third kappa shape index (κ3) is 6.13. The Hall–Kier alpha value is -5.09. The highest BCUT2D eigenvalue weighted by Gasteiger charge is 2.14. The van der Waals surface area contributed by atoms with Crippen LogP contribution < -0.4 is 20.1 Å². The maximum Gasteiger partial charge on any atom is 0.296 e. The number of methoxy groups -OCH3 is 1. The lowest BCUT2D eigenvalue weighted by Crippen LogP contribution is -2.27. The number of amides is 1. The summed E-state index contributed by atoms with van der Waals surface area (Å²) in [4.78, 5) is 16.4. The van der Waals surface area contributed by atoms with Gasteiger partial charge in [-0.15, -0.1) is 0 Å². The summed E-state index contributed by atoms with van der Waals surface area (Å²) in [5, 5.41) is 19.5. The summed E-state index contributed by atoms with van der Waals surface area (Å²) in [6.07, 6.45) is 4.95. The number of pyridine rings is 2. The summed E-state index contributed by atoms with van der Waals surface area (Å²) in [7, 11) is 1.43. The lowest BCUT2D eigenvalue weighted by molar-refractivity contribution is -0.115. The van der Waals surface area contributed by atoms with Crippen LogP contribution in [0.2, 0.25) is 0 Å². The summed E-state index contributed by atoms with van der Waals surface area (Å²) < 4.78 is 25.8. The summed E-state index contributed by atoms with van der Waals surface area (Å²) in [5.74, 6) is 5.65. The van der Waals surface area contributed by atoms with E-state index in [-0.39, 0.29) is 0 Å². The second-order valence-electron chi connectivity index (χ2n) is 7.73. The van der Waals surface area contributed by atoms with Gasteiger partial charge in [0.05, 0.1) is 37.2 Å². The Kier molecular flexibility index (Phi) is 7.82. The molecule has 4 rings (SSSR count). The van der Waals surface area contributed by atoms with Gasteiger partial charge in [0.15, 0.2) is 0 Å². The zero-order chi connectivity index (χ0) is 26.2. The van der Waals surface area contributed by atoms with Crippen molar-refractivity contribution in [3.63, 3.8) is 0 Å². The molecule has 0 aliphatic heterocycles. The van der Waals surface area contributed by atoms with E-state index in [0.717, 1.165) is 11.1 Å². The highest BCUT2D eigenvalue weighted by molar-refractivity contribution is 5.94. The molecule has 3 aromatic heterocycles. The third-order valence-electron chi connectivity index (χ3n) is 5.24. The number of fused-ring (bicyclic) bond motifs is 1. The van der Waals surface area contributed by atoms with E-state index in [1.54, 1.807) is 29.0 Å². The van der Waals surface area contributed by atoms with E-state index in [1.807, 2.05) is 19.1 Å².